The Kier molecular flexibility index (Phi) is 5.07. The predicted molar refractivity (Wildman–Crippen MR) is 82.7 cm³/mol. The van der Waals surface area contributed by atoms with Crippen LogP contribution in [0.4, 0.5) is 0 Å². The molecule has 0 aliphatic carbocycles. The molecule has 0 amide bonds. The molecule has 2 atom stereocenters. The zero-order valence-electron chi connectivity index (χ0n) is 11.8. The van der Waals surface area contributed by atoms with E-state index in [9.17, 15) is 8.42 Å². The van der Waals surface area contributed by atoms with Crippen LogP contribution < -0.4 is 4.72 Å². The molecule has 1 heterocycles. The molecular formula is C14H21ClN2O2S. The van der Waals surface area contributed by atoms with E-state index in [0.29, 0.717) is 5.92 Å². The molecule has 2 rings (SSSR count). The summed E-state index contributed by atoms with van der Waals surface area (Å²) in [5.74, 6) is 0.380. The number of nitrogens with zero attached hydrogens (tertiary/aromatic N) is 1. The molecule has 1 fully saturated rings. The maximum Gasteiger partial charge on any atom is 0.208 e. The van der Waals surface area contributed by atoms with Gasteiger partial charge in [-0.15, -0.1) is 0 Å². The first-order chi connectivity index (χ1) is 9.33. The second-order valence-electron chi connectivity index (χ2n) is 5.59. The third-order valence-electron chi connectivity index (χ3n) is 3.60. The van der Waals surface area contributed by atoms with Crippen molar-refractivity contribution >= 4 is 21.6 Å². The third-order valence-corrected chi connectivity index (χ3v) is 4.60. The van der Waals surface area contributed by atoms with Crippen LogP contribution in [0.3, 0.4) is 0 Å². The van der Waals surface area contributed by atoms with Gasteiger partial charge in [-0.05, 0) is 36.6 Å². The lowest BCUT2D eigenvalue weighted by Gasteiger charge is -2.21. The number of rotatable bonds is 5. The van der Waals surface area contributed by atoms with Crippen LogP contribution in [0.25, 0.3) is 0 Å². The fraction of sp³-hybridized carbons (Fsp3) is 0.571. The molecule has 1 aromatic rings. The van der Waals surface area contributed by atoms with Gasteiger partial charge in [-0.25, -0.2) is 13.1 Å². The maximum atomic E-state index is 11.2. The maximum absolute atomic E-state index is 11.2. The minimum atomic E-state index is -3.11. The van der Waals surface area contributed by atoms with E-state index in [1.807, 2.05) is 18.2 Å². The van der Waals surface area contributed by atoms with Gasteiger partial charge >= 0.3 is 0 Å². The Labute approximate surface area is 126 Å². The molecule has 1 aromatic carbocycles. The van der Waals surface area contributed by atoms with E-state index in [2.05, 4.69) is 22.6 Å². The molecule has 0 unspecified atom stereocenters. The minimum Gasteiger partial charge on any atom is -0.301 e. The molecule has 1 aliphatic heterocycles. The Bertz CT molecular complexity index is 562. The zero-order valence-corrected chi connectivity index (χ0v) is 13.4. The number of sulfonamides is 1. The van der Waals surface area contributed by atoms with Crippen molar-refractivity contribution in [2.45, 2.75) is 25.3 Å². The molecule has 0 radical (unpaired) electrons. The first-order valence-electron chi connectivity index (χ1n) is 6.78. The van der Waals surface area contributed by atoms with Crippen molar-refractivity contribution in [1.29, 1.82) is 0 Å². The lowest BCUT2D eigenvalue weighted by Crippen LogP contribution is -2.36. The van der Waals surface area contributed by atoms with Crippen molar-refractivity contribution in [3.05, 3.63) is 34.9 Å². The SMILES string of the molecule is C[C@@H](CN1CC[C@H](NS(C)(=O)=O)C1)c1cccc(Cl)c1. The van der Waals surface area contributed by atoms with E-state index >= 15 is 0 Å². The lowest BCUT2D eigenvalue weighted by molar-refractivity contribution is 0.315. The van der Waals surface area contributed by atoms with E-state index in [4.69, 9.17) is 11.6 Å². The molecule has 1 saturated heterocycles. The van der Waals surface area contributed by atoms with Crippen LogP contribution in [0.5, 0.6) is 0 Å². The van der Waals surface area contributed by atoms with E-state index in [1.54, 1.807) is 0 Å². The molecule has 6 heteroatoms. The van der Waals surface area contributed by atoms with Gasteiger partial charge in [0.15, 0.2) is 0 Å². The van der Waals surface area contributed by atoms with Gasteiger partial charge in [-0.3, -0.25) is 0 Å². The normalized spacial score (nSPS) is 22.1. The predicted octanol–water partition coefficient (Wildman–Crippen LogP) is 2.07. The highest BCUT2D eigenvalue weighted by Crippen LogP contribution is 2.22. The van der Waals surface area contributed by atoms with Crippen LogP contribution in [0.1, 0.15) is 24.8 Å². The molecule has 0 spiro atoms. The van der Waals surface area contributed by atoms with E-state index in [0.717, 1.165) is 31.1 Å². The summed E-state index contributed by atoms with van der Waals surface area (Å²) in [7, 11) is -3.11. The van der Waals surface area contributed by atoms with Crippen molar-refractivity contribution in [2.75, 3.05) is 25.9 Å². The average Bonchev–Trinajstić information content (AvgIpc) is 2.74. The third kappa shape index (κ3) is 4.74. The molecule has 0 saturated carbocycles. The van der Waals surface area contributed by atoms with Crippen LogP contribution >= 0.6 is 11.6 Å². The van der Waals surface area contributed by atoms with E-state index < -0.39 is 10.0 Å². The largest absolute Gasteiger partial charge is 0.301 e. The number of benzene rings is 1. The van der Waals surface area contributed by atoms with Gasteiger partial charge in [-0.2, -0.15) is 0 Å². The minimum absolute atomic E-state index is 0.0385. The van der Waals surface area contributed by atoms with Crippen LogP contribution in [-0.2, 0) is 10.0 Å². The topological polar surface area (TPSA) is 49.4 Å². The number of likely N-dealkylation sites (tertiary alicyclic amines) is 1. The van der Waals surface area contributed by atoms with Crippen molar-refractivity contribution < 1.29 is 8.42 Å². The lowest BCUT2D eigenvalue weighted by atomic mass is 10.0. The Hall–Kier alpha value is -0.620. The first-order valence-corrected chi connectivity index (χ1v) is 9.05. The monoisotopic (exact) mass is 316 g/mol. The van der Waals surface area contributed by atoms with Crippen molar-refractivity contribution in [3.63, 3.8) is 0 Å². The average molecular weight is 317 g/mol. The summed E-state index contributed by atoms with van der Waals surface area (Å²) < 4.78 is 25.1. The van der Waals surface area contributed by atoms with E-state index in [1.165, 1.54) is 11.8 Å². The Morgan fingerprint density at radius 2 is 2.25 bits per heavy atom. The fourth-order valence-corrected chi connectivity index (χ4v) is 3.70. The zero-order chi connectivity index (χ0) is 14.8. The standard InChI is InChI=1S/C14H21ClN2O2S/c1-11(12-4-3-5-13(15)8-12)9-17-7-6-14(10-17)16-20(2,18)19/h3-5,8,11,14,16H,6-7,9-10H2,1-2H3/t11-,14-/m0/s1. The highest BCUT2D eigenvalue weighted by molar-refractivity contribution is 7.88. The molecule has 0 bridgehead atoms. The van der Waals surface area contributed by atoms with Crippen molar-refractivity contribution in [3.8, 4) is 0 Å². The summed E-state index contributed by atoms with van der Waals surface area (Å²) in [6.07, 6.45) is 2.08. The summed E-state index contributed by atoms with van der Waals surface area (Å²) in [6.45, 7) is 4.79. The van der Waals surface area contributed by atoms with Gasteiger partial charge in [0, 0.05) is 24.2 Å². The summed E-state index contributed by atoms with van der Waals surface area (Å²) in [5, 5.41) is 0.757. The van der Waals surface area contributed by atoms with Crippen LogP contribution in [0, 0.1) is 0 Å². The molecular weight excluding hydrogens is 296 g/mol. The second-order valence-corrected chi connectivity index (χ2v) is 7.81. The Balaban J connectivity index is 1.89. The van der Waals surface area contributed by atoms with Gasteiger partial charge in [-0.1, -0.05) is 30.7 Å². The summed E-state index contributed by atoms with van der Waals surface area (Å²) in [6, 6.07) is 7.95. The molecule has 1 aliphatic rings. The molecule has 4 nitrogen and oxygen atoms in total. The second kappa shape index (κ2) is 6.43. The molecule has 1 N–H and O–H groups in total. The summed E-state index contributed by atoms with van der Waals surface area (Å²) in [4.78, 5) is 2.30. The summed E-state index contributed by atoms with van der Waals surface area (Å²) >= 11 is 6.01. The van der Waals surface area contributed by atoms with Gasteiger partial charge < -0.3 is 4.90 Å². The van der Waals surface area contributed by atoms with Gasteiger partial charge in [0.25, 0.3) is 0 Å². The van der Waals surface area contributed by atoms with Crippen LogP contribution in [0.2, 0.25) is 5.02 Å². The van der Waals surface area contributed by atoms with E-state index in [-0.39, 0.29) is 6.04 Å². The molecule has 20 heavy (non-hydrogen) atoms. The van der Waals surface area contributed by atoms with Crippen molar-refractivity contribution in [2.24, 2.45) is 0 Å². The van der Waals surface area contributed by atoms with Crippen molar-refractivity contribution in [1.82, 2.24) is 9.62 Å². The Morgan fingerprint density at radius 3 is 2.90 bits per heavy atom. The van der Waals surface area contributed by atoms with Gasteiger partial charge in [0.2, 0.25) is 10.0 Å². The summed E-state index contributed by atoms with van der Waals surface area (Å²) in [5.41, 5.74) is 1.22. The van der Waals surface area contributed by atoms with Crippen LogP contribution in [0.15, 0.2) is 24.3 Å². The number of halogens is 1. The highest BCUT2D eigenvalue weighted by Gasteiger charge is 2.25. The fourth-order valence-electron chi connectivity index (χ4n) is 2.70. The quantitative estimate of drug-likeness (QED) is 0.904. The smallest absolute Gasteiger partial charge is 0.208 e. The highest BCUT2D eigenvalue weighted by atomic mass is 35.5. The first kappa shape index (κ1) is 15.8. The number of nitrogens with one attached hydrogen (secondary N) is 1. The number of hydrogen-bond donors (Lipinski definition) is 1. The molecule has 112 valence electrons. The van der Waals surface area contributed by atoms with Gasteiger partial charge in [0.1, 0.15) is 0 Å². The molecule has 0 aromatic heterocycles. The van der Waals surface area contributed by atoms with Crippen LogP contribution in [-0.4, -0.2) is 45.2 Å². The Morgan fingerprint density at radius 1 is 1.50 bits per heavy atom. The van der Waals surface area contributed by atoms with Gasteiger partial charge in [0.05, 0.1) is 6.26 Å². The number of hydrogen-bond acceptors (Lipinski definition) is 3.